The number of benzene rings is 2. The van der Waals surface area contributed by atoms with Gasteiger partial charge in [-0.1, -0.05) is 0 Å². The molecule has 2 heterocycles. The first-order valence-corrected chi connectivity index (χ1v) is 9.33. The average molecular weight is 377 g/mol. The number of fused-ring (bicyclic) bond motifs is 1. The van der Waals surface area contributed by atoms with Crippen molar-refractivity contribution in [3.05, 3.63) is 59.7 Å². The summed E-state index contributed by atoms with van der Waals surface area (Å²) in [7, 11) is 1.60. The van der Waals surface area contributed by atoms with Crippen LogP contribution in [0.15, 0.2) is 48.5 Å². The van der Waals surface area contributed by atoms with Gasteiger partial charge in [-0.05, 0) is 61.0 Å². The Kier molecular flexibility index (Phi) is 5.12. The van der Waals surface area contributed by atoms with Crippen molar-refractivity contribution in [2.75, 3.05) is 43.6 Å². The van der Waals surface area contributed by atoms with Crippen molar-refractivity contribution in [2.24, 2.45) is 0 Å². The number of amides is 1. The summed E-state index contributed by atoms with van der Waals surface area (Å²) < 4.78 is 10.6. The molecule has 0 radical (unpaired) electrons. The van der Waals surface area contributed by atoms with Crippen molar-refractivity contribution < 1.29 is 14.3 Å². The molecule has 2 aromatic carbocycles. The molecule has 4 rings (SSSR count). The zero-order chi connectivity index (χ0) is 19.5. The maximum Gasteiger partial charge on any atom is 0.255 e. The molecule has 0 aliphatic carbocycles. The molecule has 144 valence electrons. The Labute approximate surface area is 164 Å². The predicted molar refractivity (Wildman–Crippen MR) is 110 cm³/mol. The summed E-state index contributed by atoms with van der Waals surface area (Å²) in [6.45, 7) is 5.25. The molecule has 0 unspecified atom stereocenters. The Morgan fingerprint density at radius 2 is 1.86 bits per heavy atom. The van der Waals surface area contributed by atoms with E-state index in [9.17, 15) is 4.79 Å². The molecule has 3 aromatic rings. The van der Waals surface area contributed by atoms with Crippen LogP contribution in [0.4, 0.5) is 11.5 Å². The van der Waals surface area contributed by atoms with Crippen LogP contribution in [0.1, 0.15) is 15.9 Å². The average Bonchev–Trinajstić information content (AvgIpc) is 2.74. The van der Waals surface area contributed by atoms with Crippen LogP contribution < -0.4 is 15.0 Å². The molecule has 1 aromatic heterocycles. The van der Waals surface area contributed by atoms with Gasteiger partial charge in [-0.3, -0.25) is 4.79 Å². The second kappa shape index (κ2) is 7.86. The van der Waals surface area contributed by atoms with Crippen LogP contribution in [0, 0.1) is 6.92 Å². The largest absolute Gasteiger partial charge is 0.497 e. The van der Waals surface area contributed by atoms with E-state index < -0.39 is 0 Å². The number of carbonyl (C=O) groups excluding carboxylic acids is 1. The zero-order valence-corrected chi connectivity index (χ0v) is 16.1. The van der Waals surface area contributed by atoms with Gasteiger partial charge in [0.2, 0.25) is 0 Å². The number of pyridine rings is 1. The fourth-order valence-corrected chi connectivity index (χ4v) is 3.35. The van der Waals surface area contributed by atoms with E-state index in [2.05, 4.69) is 23.2 Å². The van der Waals surface area contributed by atoms with Crippen LogP contribution in [0.2, 0.25) is 0 Å². The van der Waals surface area contributed by atoms with Crippen LogP contribution in [0.3, 0.4) is 0 Å². The Bertz CT molecular complexity index is 996. The molecule has 1 N–H and O–H groups in total. The molecule has 0 saturated carbocycles. The first kappa shape index (κ1) is 18.3. The van der Waals surface area contributed by atoms with Crippen LogP contribution in [-0.4, -0.2) is 44.3 Å². The van der Waals surface area contributed by atoms with E-state index in [0.29, 0.717) is 5.56 Å². The van der Waals surface area contributed by atoms with Gasteiger partial charge in [0.1, 0.15) is 11.6 Å². The minimum absolute atomic E-state index is 0.155. The smallest absolute Gasteiger partial charge is 0.255 e. The molecule has 28 heavy (non-hydrogen) atoms. The lowest BCUT2D eigenvalue weighted by molar-refractivity contribution is 0.102. The van der Waals surface area contributed by atoms with E-state index in [0.717, 1.165) is 60.0 Å². The molecule has 1 amide bonds. The molecule has 1 fully saturated rings. The first-order valence-electron chi connectivity index (χ1n) is 9.33. The number of hydrogen-bond acceptors (Lipinski definition) is 5. The molecular weight excluding hydrogens is 354 g/mol. The number of carbonyl (C=O) groups is 1. The highest BCUT2D eigenvalue weighted by Gasteiger charge is 2.14. The standard InChI is InChI=1S/C22H23N3O3/c1-15-13-21(25-9-11-28-12-10-25)24-20-8-5-17(14-19(15)20)23-22(26)16-3-6-18(27-2)7-4-16/h3-8,13-14H,9-12H2,1-2H3,(H,23,26). The van der Waals surface area contributed by atoms with E-state index in [-0.39, 0.29) is 5.91 Å². The molecule has 1 saturated heterocycles. The second-order valence-electron chi connectivity index (χ2n) is 6.81. The SMILES string of the molecule is COc1ccc(C(=O)Nc2ccc3nc(N4CCOCC4)cc(C)c3c2)cc1. The fourth-order valence-electron chi connectivity index (χ4n) is 3.35. The van der Waals surface area contributed by atoms with Gasteiger partial charge in [-0.2, -0.15) is 0 Å². The Hall–Kier alpha value is -3.12. The van der Waals surface area contributed by atoms with Crippen LogP contribution in [0.25, 0.3) is 10.9 Å². The number of hydrogen-bond donors (Lipinski definition) is 1. The summed E-state index contributed by atoms with van der Waals surface area (Å²) in [5, 5.41) is 3.99. The maximum absolute atomic E-state index is 12.5. The zero-order valence-electron chi connectivity index (χ0n) is 16.1. The third-order valence-electron chi connectivity index (χ3n) is 4.95. The molecule has 0 spiro atoms. The minimum Gasteiger partial charge on any atom is -0.497 e. The molecule has 6 nitrogen and oxygen atoms in total. The van der Waals surface area contributed by atoms with E-state index in [1.807, 2.05) is 18.2 Å². The van der Waals surface area contributed by atoms with Crippen molar-refractivity contribution in [2.45, 2.75) is 6.92 Å². The second-order valence-corrected chi connectivity index (χ2v) is 6.81. The number of rotatable bonds is 4. The van der Waals surface area contributed by atoms with E-state index in [4.69, 9.17) is 14.5 Å². The van der Waals surface area contributed by atoms with Crippen molar-refractivity contribution in [1.82, 2.24) is 4.98 Å². The molecule has 0 bridgehead atoms. The van der Waals surface area contributed by atoms with Gasteiger partial charge in [0.25, 0.3) is 5.91 Å². The number of aromatic nitrogens is 1. The summed E-state index contributed by atoms with van der Waals surface area (Å²) >= 11 is 0. The summed E-state index contributed by atoms with van der Waals surface area (Å²) in [6, 6.07) is 15.0. The van der Waals surface area contributed by atoms with Gasteiger partial charge in [0.05, 0.1) is 25.8 Å². The number of morpholine rings is 1. The van der Waals surface area contributed by atoms with Gasteiger partial charge in [0.15, 0.2) is 0 Å². The quantitative estimate of drug-likeness (QED) is 0.752. The summed E-state index contributed by atoms with van der Waals surface area (Å²) in [5.41, 5.74) is 3.38. The summed E-state index contributed by atoms with van der Waals surface area (Å²) in [6.07, 6.45) is 0. The van der Waals surface area contributed by atoms with Gasteiger partial charge < -0.3 is 19.7 Å². The molecule has 0 atom stereocenters. The topological polar surface area (TPSA) is 63.7 Å². The highest BCUT2D eigenvalue weighted by molar-refractivity contribution is 6.05. The van der Waals surface area contributed by atoms with Crippen molar-refractivity contribution in [3.63, 3.8) is 0 Å². The number of nitrogens with one attached hydrogen (secondary N) is 1. The van der Waals surface area contributed by atoms with Crippen molar-refractivity contribution in [1.29, 1.82) is 0 Å². The summed E-state index contributed by atoms with van der Waals surface area (Å²) in [4.78, 5) is 19.6. The lowest BCUT2D eigenvalue weighted by Crippen LogP contribution is -2.36. The van der Waals surface area contributed by atoms with Gasteiger partial charge >= 0.3 is 0 Å². The fraction of sp³-hybridized carbons (Fsp3) is 0.273. The highest BCUT2D eigenvalue weighted by Crippen LogP contribution is 2.26. The first-order chi connectivity index (χ1) is 13.6. The third-order valence-corrected chi connectivity index (χ3v) is 4.95. The monoisotopic (exact) mass is 377 g/mol. The third kappa shape index (κ3) is 3.77. The molecule has 6 heteroatoms. The summed E-state index contributed by atoms with van der Waals surface area (Å²) in [5.74, 6) is 1.54. The lowest BCUT2D eigenvalue weighted by Gasteiger charge is -2.28. The number of anilines is 2. The Morgan fingerprint density at radius 1 is 1.11 bits per heavy atom. The van der Waals surface area contributed by atoms with E-state index in [1.54, 1.807) is 31.4 Å². The number of nitrogens with zero attached hydrogens (tertiary/aromatic N) is 2. The number of aryl methyl sites for hydroxylation is 1. The van der Waals surface area contributed by atoms with Crippen molar-refractivity contribution >= 4 is 28.3 Å². The van der Waals surface area contributed by atoms with Gasteiger partial charge in [-0.15, -0.1) is 0 Å². The highest BCUT2D eigenvalue weighted by atomic mass is 16.5. The molecule has 1 aliphatic rings. The predicted octanol–water partition coefficient (Wildman–Crippen LogP) is 3.64. The maximum atomic E-state index is 12.5. The van der Waals surface area contributed by atoms with E-state index >= 15 is 0 Å². The molecular formula is C22H23N3O3. The Morgan fingerprint density at radius 3 is 2.57 bits per heavy atom. The van der Waals surface area contributed by atoms with Crippen LogP contribution in [-0.2, 0) is 4.74 Å². The Balaban J connectivity index is 1.56. The van der Waals surface area contributed by atoms with Gasteiger partial charge in [0, 0.05) is 29.7 Å². The van der Waals surface area contributed by atoms with Crippen LogP contribution in [0.5, 0.6) is 5.75 Å². The lowest BCUT2D eigenvalue weighted by atomic mass is 10.1. The van der Waals surface area contributed by atoms with Gasteiger partial charge in [-0.25, -0.2) is 4.98 Å². The number of ether oxygens (including phenoxy) is 2. The van der Waals surface area contributed by atoms with E-state index in [1.165, 1.54) is 0 Å². The number of methoxy groups -OCH3 is 1. The normalized spacial score (nSPS) is 14.1. The minimum atomic E-state index is -0.155. The van der Waals surface area contributed by atoms with Crippen molar-refractivity contribution in [3.8, 4) is 5.75 Å². The van der Waals surface area contributed by atoms with Crippen LogP contribution >= 0.6 is 0 Å². The molecule has 1 aliphatic heterocycles.